The van der Waals surface area contributed by atoms with E-state index in [9.17, 15) is 156 Å². The fourth-order valence-corrected chi connectivity index (χ4v) is 12.9. The van der Waals surface area contributed by atoms with Crippen LogP contribution in [0.1, 0.15) is 0 Å². The van der Waals surface area contributed by atoms with Gasteiger partial charge in [0.2, 0.25) is 0 Å². The zero-order valence-corrected chi connectivity index (χ0v) is 120. The van der Waals surface area contributed by atoms with E-state index in [2.05, 4.69) is 0 Å². The van der Waals surface area contributed by atoms with Crippen LogP contribution in [0.3, 0.4) is 0 Å². The van der Waals surface area contributed by atoms with E-state index in [1.165, 1.54) is 291 Å². The largest absolute Gasteiger partial charge is 1.00 e. The van der Waals surface area contributed by atoms with Gasteiger partial charge in [-0.25, -0.2) is 101 Å². The van der Waals surface area contributed by atoms with Gasteiger partial charge in [0.05, 0.1) is 58.7 Å². The summed E-state index contributed by atoms with van der Waals surface area (Å²) < 4.78 is 370. The van der Waals surface area contributed by atoms with E-state index in [0.29, 0.717) is 0 Å². The first kappa shape index (κ1) is 166. The van der Waals surface area contributed by atoms with Gasteiger partial charge in [-0.2, -0.15) is 0 Å². The molecule has 0 aromatic heterocycles. The Kier molecular flexibility index (Phi) is 109. The van der Waals surface area contributed by atoms with Crippen LogP contribution in [0.2, 0.25) is 0 Å². The maximum Gasteiger partial charge on any atom is 1.00 e. The van der Waals surface area contributed by atoms with Gasteiger partial charge in [0.25, 0.3) is 0 Å². The van der Waals surface area contributed by atoms with Crippen LogP contribution in [0, 0.1) is 0 Å². The molecule has 0 N–H and O–H groups in total. The molecule has 0 spiro atoms. The zero-order chi connectivity index (χ0) is 91.4. The third kappa shape index (κ3) is 84.7. The van der Waals surface area contributed by atoms with Crippen LogP contribution in [0.15, 0.2) is 423 Å². The summed E-state index contributed by atoms with van der Waals surface area (Å²) in [4.78, 5) is -2.22. The fraction of sp³-hybridized carbons (Fsp3) is 0. The number of rotatable bonds is 12. The van der Waals surface area contributed by atoms with E-state index in [4.69, 9.17) is 0 Å². The van der Waals surface area contributed by atoms with E-state index in [-0.39, 0.29) is 675 Å². The number of benzene rings is 12. The molecule has 0 heterocycles. The Balaban J connectivity index is -0.000000118. The maximum absolute atomic E-state index is 10.3. The molecule has 12 aromatic carbocycles. The first-order chi connectivity index (χ1) is 55.3. The van der Waals surface area contributed by atoms with Crippen molar-refractivity contribution in [1.82, 2.24) is 0 Å². The van der Waals surface area contributed by atoms with Crippen molar-refractivity contribution in [3.05, 3.63) is 364 Å². The topological polar surface area (TPSA) is 686 Å². The van der Waals surface area contributed by atoms with Crippen LogP contribution in [0.25, 0.3) is 0 Å². The molecule has 0 unspecified atom stereocenters. The third-order valence-corrected chi connectivity index (χ3v) is 22.6. The van der Waals surface area contributed by atoms with Crippen molar-refractivity contribution in [3.63, 3.8) is 0 Å². The minimum atomic E-state index is -4.25. The van der Waals surface area contributed by atoms with E-state index in [1.807, 2.05) is 0 Å². The molecule has 132 heavy (non-hydrogen) atoms. The normalized spacial score (nSPS) is 10.3. The van der Waals surface area contributed by atoms with Gasteiger partial charge in [-0.1, -0.05) is 218 Å². The average Bonchev–Trinajstić information content (AvgIpc) is 0.978. The van der Waals surface area contributed by atoms with Crippen molar-refractivity contribution >= 4 is 121 Å². The van der Waals surface area contributed by atoms with Crippen LogP contribution in [0.4, 0.5) is 0 Å². The van der Waals surface area contributed by atoms with Crippen LogP contribution in [0.5, 0.6) is 0 Å². The molecule has 0 bridgehead atoms. The quantitative estimate of drug-likeness (QED) is 0.0809. The standard InChI is InChI=1S/12C6H6O3S.12K/c12*7-10(8,9)6-4-2-1-3-5-6;;;;;;;;;;;;/h12*1-5H,(H,7,8,9);;;;;;;;;;;;/q;;;;;;;;;;;;12*+1/p-12. The Labute approximate surface area is 1280 Å². The summed E-state index contributed by atoms with van der Waals surface area (Å²) in [5.41, 5.74) is 0. The fourth-order valence-electron chi connectivity index (χ4n) is 7.05. The molecule has 0 aliphatic heterocycles. The van der Waals surface area contributed by atoms with Crippen molar-refractivity contribution in [2.45, 2.75) is 58.7 Å². The Morgan fingerprint density at radius 3 is 0.152 bits per heavy atom. The van der Waals surface area contributed by atoms with Crippen LogP contribution in [-0.2, 0) is 121 Å². The summed E-state index contributed by atoms with van der Waals surface area (Å²) in [6.45, 7) is 0. The summed E-state index contributed by atoms with van der Waals surface area (Å²) in [6, 6.07) is 86.3. The molecule has 0 aliphatic carbocycles. The molecule has 60 heteroatoms. The first-order valence-corrected chi connectivity index (χ1v) is 48.3. The van der Waals surface area contributed by atoms with Gasteiger partial charge >= 0.3 is 617 Å². The minimum absolute atomic E-state index is 0. The molecule has 0 saturated heterocycles. The molecule has 0 saturated carbocycles. The van der Waals surface area contributed by atoms with Gasteiger partial charge < -0.3 is 54.6 Å². The summed E-state index contributed by atoms with van der Waals surface area (Å²) in [7, 11) is -51.0. The Morgan fingerprint density at radius 1 is 0.0909 bits per heavy atom. The maximum atomic E-state index is 10.3. The Morgan fingerprint density at radius 2 is 0.129 bits per heavy atom. The molecular weight excluding hydrogens is 2290 g/mol. The molecule has 12 rings (SSSR count). The van der Waals surface area contributed by atoms with E-state index in [1.54, 1.807) is 72.8 Å². The van der Waals surface area contributed by atoms with Crippen LogP contribution < -0.4 is 617 Å². The number of hydrogen-bond donors (Lipinski definition) is 0. The van der Waals surface area contributed by atoms with Crippen LogP contribution >= 0.6 is 0 Å². The summed E-state index contributed by atoms with van der Waals surface area (Å²) in [6.07, 6.45) is 0. The van der Waals surface area contributed by atoms with Crippen molar-refractivity contribution in [3.8, 4) is 0 Å². The predicted molar refractivity (Wildman–Crippen MR) is 413 cm³/mol. The van der Waals surface area contributed by atoms with Gasteiger partial charge in [-0.15, -0.1) is 0 Å². The molecular formula is C72H60K12O36S12. The molecule has 0 radical (unpaired) electrons. The van der Waals surface area contributed by atoms with Gasteiger partial charge in [0.1, 0.15) is 121 Å². The van der Waals surface area contributed by atoms with Gasteiger partial charge in [-0.05, 0) is 146 Å². The number of hydrogen-bond acceptors (Lipinski definition) is 36. The molecule has 648 valence electrons. The average molecular weight is 2360 g/mol. The van der Waals surface area contributed by atoms with Gasteiger partial charge in [0.15, 0.2) is 0 Å². The van der Waals surface area contributed by atoms with Crippen molar-refractivity contribution in [1.29, 1.82) is 0 Å². The summed E-state index contributed by atoms with van der Waals surface area (Å²) in [5, 5.41) is 0. The van der Waals surface area contributed by atoms with E-state index >= 15 is 0 Å². The van der Waals surface area contributed by atoms with Gasteiger partial charge in [-0.3, -0.25) is 0 Å². The molecule has 12 aromatic rings. The third-order valence-electron chi connectivity index (χ3n) is 12.4. The second-order valence-electron chi connectivity index (χ2n) is 21.2. The molecule has 0 fully saturated rings. The van der Waals surface area contributed by atoms with E-state index < -0.39 is 121 Å². The van der Waals surface area contributed by atoms with Crippen molar-refractivity contribution in [2.24, 2.45) is 0 Å². The predicted octanol–water partition coefficient (Wildman–Crippen LogP) is -28.9. The monoisotopic (exact) mass is 2350 g/mol. The first-order valence-electron chi connectivity index (χ1n) is 31.4. The SMILES string of the molecule is O=S(=O)([O-])c1ccccc1.O=S(=O)([O-])c1ccccc1.O=S(=O)([O-])c1ccccc1.O=S(=O)([O-])c1ccccc1.O=S(=O)([O-])c1ccccc1.O=S(=O)([O-])c1ccccc1.O=S(=O)([O-])c1ccccc1.O=S(=O)([O-])c1ccccc1.O=S(=O)([O-])c1ccccc1.O=S(=O)([O-])c1ccccc1.O=S(=O)([O-])c1ccccc1.O=S(=O)([O-])c1ccccc1.[K+].[K+].[K+].[K+].[K+].[K+].[K+].[K+].[K+].[K+].[K+].[K+]. The second kappa shape index (κ2) is 86.5. The molecule has 0 amide bonds. The van der Waals surface area contributed by atoms with Crippen molar-refractivity contribution in [2.75, 3.05) is 0 Å². The molecule has 36 nitrogen and oxygen atoms in total. The zero-order valence-electron chi connectivity index (χ0n) is 72.2. The van der Waals surface area contributed by atoms with Crippen molar-refractivity contribution < 1.29 is 772 Å². The van der Waals surface area contributed by atoms with Gasteiger partial charge in [0, 0.05) is 0 Å². The summed E-state index contributed by atoms with van der Waals surface area (Å²) >= 11 is 0. The minimum Gasteiger partial charge on any atom is -0.744 e. The second-order valence-corrected chi connectivity index (χ2v) is 37.8. The molecule has 0 atom stereocenters. The van der Waals surface area contributed by atoms with E-state index in [0.717, 1.165) is 0 Å². The summed E-state index contributed by atoms with van der Waals surface area (Å²) in [5.74, 6) is 0. The van der Waals surface area contributed by atoms with Crippen LogP contribution in [-0.4, -0.2) is 156 Å². The molecule has 0 aliphatic rings. The Hall–Kier alpha value is 9.20. The Bertz CT molecular complexity index is 5120. The smallest absolute Gasteiger partial charge is 0.744 e.